The molecule has 2 aromatic carbocycles. The van der Waals surface area contributed by atoms with Gasteiger partial charge in [-0.2, -0.15) is 5.10 Å². The number of hydrogen-bond acceptors (Lipinski definition) is 5. The lowest BCUT2D eigenvalue weighted by molar-refractivity contribution is 0.306. The summed E-state index contributed by atoms with van der Waals surface area (Å²) in [7, 11) is 0. The number of para-hydroxylation sites is 1. The molecule has 0 saturated heterocycles. The second-order valence-electron chi connectivity index (χ2n) is 4.52. The van der Waals surface area contributed by atoms with E-state index in [1.807, 2.05) is 60.0 Å². The normalized spacial score (nSPS) is 10.7. The van der Waals surface area contributed by atoms with Crippen molar-refractivity contribution in [3.8, 4) is 5.75 Å². The molecule has 0 saturated carbocycles. The predicted octanol–water partition coefficient (Wildman–Crippen LogP) is 4.17. The topological polar surface area (TPSA) is 46.5 Å². The minimum atomic E-state index is 0.533. The Balaban J connectivity index is 1.65. The Kier molecular flexibility index (Phi) is 4.79. The summed E-state index contributed by atoms with van der Waals surface area (Å²) in [5, 5.41) is 6.85. The van der Waals surface area contributed by atoms with Crippen LogP contribution in [0.1, 0.15) is 11.1 Å². The Bertz CT molecular complexity index is 727. The van der Waals surface area contributed by atoms with Crippen LogP contribution in [0.5, 0.6) is 5.75 Å². The summed E-state index contributed by atoms with van der Waals surface area (Å²) in [5.74, 6) is 0.802. The highest BCUT2D eigenvalue weighted by Crippen LogP contribution is 2.18. The third-order valence-electron chi connectivity index (χ3n) is 2.95. The number of hydrazone groups is 1. The second-order valence-corrected chi connectivity index (χ2v) is 5.41. The smallest absolute Gasteiger partial charge is 0.203 e. The third-order valence-corrected chi connectivity index (χ3v) is 3.63. The van der Waals surface area contributed by atoms with Crippen molar-refractivity contribution in [2.75, 3.05) is 5.43 Å². The zero-order chi connectivity index (χ0) is 15.0. The zero-order valence-corrected chi connectivity index (χ0v) is 12.7. The van der Waals surface area contributed by atoms with E-state index in [0.717, 1.165) is 22.0 Å². The van der Waals surface area contributed by atoms with E-state index in [2.05, 4.69) is 15.5 Å². The molecule has 22 heavy (non-hydrogen) atoms. The molecule has 3 rings (SSSR count). The highest BCUT2D eigenvalue weighted by molar-refractivity contribution is 7.13. The van der Waals surface area contributed by atoms with Gasteiger partial charge in [-0.05, 0) is 17.7 Å². The van der Waals surface area contributed by atoms with Crippen LogP contribution in [-0.4, -0.2) is 11.2 Å². The molecule has 0 aliphatic heterocycles. The molecular formula is C17H15N3OS. The Morgan fingerprint density at radius 3 is 2.73 bits per heavy atom. The molecule has 0 unspecified atom stereocenters. The van der Waals surface area contributed by atoms with Gasteiger partial charge in [0.25, 0.3) is 0 Å². The number of benzene rings is 2. The molecule has 0 aliphatic carbocycles. The van der Waals surface area contributed by atoms with E-state index in [9.17, 15) is 0 Å². The molecule has 4 nitrogen and oxygen atoms in total. The van der Waals surface area contributed by atoms with E-state index in [4.69, 9.17) is 4.74 Å². The number of aromatic nitrogens is 1. The minimum Gasteiger partial charge on any atom is -0.488 e. The predicted molar refractivity (Wildman–Crippen MR) is 90.5 cm³/mol. The van der Waals surface area contributed by atoms with E-state index < -0.39 is 0 Å². The number of thiazole rings is 1. The number of anilines is 1. The van der Waals surface area contributed by atoms with Crippen molar-refractivity contribution in [2.24, 2.45) is 5.10 Å². The van der Waals surface area contributed by atoms with E-state index >= 15 is 0 Å². The summed E-state index contributed by atoms with van der Waals surface area (Å²) in [4.78, 5) is 4.11. The number of ether oxygens (including phenoxy) is 1. The lowest BCUT2D eigenvalue weighted by atomic mass is 10.2. The van der Waals surface area contributed by atoms with Gasteiger partial charge < -0.3 is 4.74 Å². The molecule has 0 amide bonds. The van der Waals surface area contributed by atoms with Gasteiger partial charge in [0.1, 0.15) is 12.4 Å². The Labute approximate surface area is 133 Å². The molecule has 3 aromatic rings. The zero-order valence-electron chi connectivity index (χ0n) is 11.8. The first kappa shape index (κ1) is 14.3. The fraction of sp³-hybridized carbons (Fsp3) is 0.0588. The van der Waals surface area contributed by atoms with Crippen molar-refractivity contribution in [2.45, 2.75) is 6.61 Å². The van der Waals surface area contributed by atoms with Crippen LogP contribution in [0, 0.1) is 0 Å². The van der Waals surface area contributed by atoms with Crippen molar-refractivity contribution in [3.05, 3.63) is 77.3 Å². The van der Waals surface area contributed by atoms with Crippen LogP contribution >= 0.6 is 11.3 Å². The van der Waals surface area contributed by atoms with E-state index in [0.29, 0.717) is 6.61 Å². The third kappa shape index (κ3) is 3.93. The van der Waals surface area contributed by atoms with E-state index in [-0.39, 0.29) is 0 Å². The molecule has 1 heterocycles. The summed E-state index contributed by atoms with van der Waals surface area (Å²) < 4.78 is 5.88. The summed E-state index contributed by atoms with van der Waals surface area (Å²) in [6.45, 7) is 0.533. The van der Waals surface area contributed by atoms with Gasteiger partial charge in [0.2, 0.25) is 5.13 Å². The van der Waals surface area contributed by atoms with Gasteiger partial charge in [0.15, 0.2) is 0 Å². The van der Waals surface area contributed by atoms with Crippen molar-refractivity contribution >= 4 is 22.7 Å². The Morgan fingerprint density at radius 2 is 1.91 bits per heavy atom. The van der Waals surface area contributed by atoms with Crippen molar-refractivity contribution in [1.29, 1.82) is 0 Å². The summed E-state index contributed by atoms with van der Waals surface area (Å²) in [6, 6.07) is 17.9. The maximum Gasteiger partial charge on any atom is 0.203 e. The minimum absolute atomic E-state index is 0.533. The fourth-order valence-corrected chi connectivity index (χ4v) is 2.37. The number of rotatable bonds is 6. The molecule has 110 valence electrons. The standard InChI is InChI=1S/C17H15N3OS/c1-2-6-14(7-3-1)13-21-16-9-5-4-8-15(16)12-19-20-17-18-10-11-22-17/h1-12H,13H2,(H,18,20)/b19-12+. The van der Waals surface area contributed by atoms with Gasteiger partial charge in [0, 0.05) is 17.1 Å². The molecule has 0 bridgehead atoms. The molecular weight excluding hydrogens is 294 g/mol. The maximum absolute atomic E-state index is 5.88. The lowest BCUT2D eigenvalue weighted by Crippen LogP contribution is -1.98. The Morgan fingerprint density at radius 1 is 1.09 bits per heavy atom. The van der Waals surface area contributed by atoms with Gasteiger partial charge in [0.05, 0.1) is 6.21 Å². The molecule has 0 radical (unpaired) electrons. The van der Waals surface area contributed by atoms with Gasteiger partial charge in [-0.3, -0.25) is 5.43 Å². The summed E-state index contributed by atoms with van der Waals surface area (Å²) >= 11 is 1.50. The highest BCUT2D eigenvalue weighted by atomic mass is 32.1. The first-order valence-electron chi connectivity index (χ1n) is 6.86. The largest absolute Gasteiger partial charge is 0.488 e. The first-order chi connectivity index (χ1) is 10.9. The van der Waals surface area contributed by atoms with Gasteiger partial charge in [-0.15, -0.1) is 11.3 Å². The lowest BCUT2D eigenvalue weighted by Gasteiger charge is -2.08. The first-order valence-corrected chi connectivity index (χ1v) is 7.74. The van der Waals surface area contributed by atoms with Crippen LogP contribution in [0.3, 0.4) is 0 Å². The highest BCUT2D eigenvalue weighted by Gasteiger charge is 2.01. The SMILES string of the molecule is C(=N\Nc1nccs1)/c1ccccc1OCc1ccccc1. The molecule has 1 aromatic heterocycles. The van der Waals surface area contributed by atoms with Crippen molar-refractivity contribution in [3.63, 3.8) is 0 Å². The average Bonchev–Trinajstić information content (AvgIpc) is 3.08. The molecule has 0 spiro atoms. The molecule has 0 aliphatic rings. The van der Waals surface area contributed by atoms with Crippen LogP contribution in [0.4, 0.5) is 5.13 Å². The van der Waals surface area contributed by atoms with Crippen molar-refractivity contribution < 1.29 is 4.74 Å². The fourth-order valence-electron chi connectivity index (χ4n) is 1.89. The molecule has 1 N–H and O–H groups in total. The van der Waals surface area contributed by atoms with Crippen molar-refractivity contribution in [1.82, 2.24) is 4.98 Å². The molecule has 5 heteroatoms. The van der Waals surface area contributed by atoms with Crippen LogP contribution in [0.15, 0.2) is 71.3 Å². The second kappa shape index (κ2) is 7.38. The van der Waals surface area contributed by atoms with E-state index in [1.165, 1.54) is 11.3 Å². The maximum atomic E-state index is 5.88. The summed E-state index contributed by atoms with van der Waals surface area (Å²) in [6.07, 6.45) is 3.47. The molecule has 0 atom stereocenters. The number of nitrogens with zero attached hydrogens (tertiary/aromatic N) is 2. The average molecular weight is 309 g/mol. The Hall–Kier alpha value is -2.66. The number of hydrogen-bond donors (Lipinski definition) is 1. The number of nitrogens with one attached hydrogen (secondary N) is 1. The van der Waals surface area contributed by atoms with Gasteiger partial charge in [-0.1, -0.05) is 42.5 Å². The monoisotopic (exact) mass is 309 g/mol. The molecule has 0 fully saturated rings. The van der Waals surface area contributed by atoms with E-state index in [1.54, 1.807) is 12.4 Å². The van der Waals surface area contributed by atoms with Gasteiger partial charge in [-0.25, -0.2) is 4.98 Å². The van der Waals surface area contributed by atoms with Crippen LogP contribution in [0.2, 0.25) is 0 Å². The summed E-state index contributed by atoms with van der Waals surface area (Å²) in [5.41, 5.74) is 4.95. The van der Waals surface area contributed by atoms with Crippen LogP contribution < -0.4 is 10.2 Å². The van der Waals surface area contributed by atoms with Gasteiger partial charge >= 0.3 is 0 Å². The quantitative estimate of drug-likeness (QED) is 0.549. The van der Waals surface area contributed by atoms with Crippen LogP contribution in [0.25, 0.3) is 0 Å². The van der Waals surface area contributed by atoms with Crippen LogP contribution in [-0.2, 0) is 6.61 Å².